The Bertz CT molecular complexity index is 519. The first-order chi connectivity index (χ1) is 8.32. The Balaban J connectivity index is 3.07. The monoisotopic (exact) mass is 311 g/mol. The van der Waals surface area contributed by atoms with Crippen molar-refractivity contribution in [2.75, 3.05) is 20.2 Å². The number of nitrogens with zero attached hydrogens (tertiary/aromatic N) is 1. The minimum atomic E-state index is -3.69. The largest absolute Gasteiger partial charge is 0.468 e. The molecule has 1 rings (SSSR count). The Morgan fingerprint density at radius 1 is 1.56 bits per heavy atom. The van der Waals surface area contributed by atoms with E-state index >= 15 is 0 Å². The van der Waals surface area contributed by atoms with Crippen LogP contribution in [0.25, 0.3) is 0 Å². The van der Waals surface area contributed by atoms with Crippen LogP contribution in [0.2, 0.25) is 4.34 Å². The van der Waals surface area contributed by atoms with Gasteiger partial charge in [-0.2, -0.15) is 4.31 Å². The van der Waals surface area contributed by atoms with Crippen molar-refractivity contribution in [3.05, 3.63) is 16.0 Å². The van der Waals surface area contributed by atoms with Gasteiger partial charge in [0.1, 0.15) is 10.8 Å². The second kappa shape index (κ2) is 6.01. The fraction of sp³-hybridized carbons (Fsp3) is 0.500. The molecular weight excluding hydrogens is 298 g/mol. The van der Waals surface area contributed by atoms with Gasteiger partial charge in [-0.1, -0.05) is 18.5 Å². The minimum Gasteiger partial charge on any atom is -0.468 e. The summed E-state index contributed by atoms with van der Waals surface area (Å²) in [4.78, 5) is 11.2. The maximum atomic E-state index is 12.3. The minimum absolute atomic E-state index is 0.135. The lowest BCUT2D eigenvalue weighted by Gasteiger charge is -2.17. The normalized spacial score (nSPS) is 11.8. The van der Waals surface area contributed by atoms with Crippen LogP contribution in [0, 0.1) is 6.92 Å². The van der Waals surface area contributed by atoms with Gasteiger partial charge in [-0.05, 0) is 18.6 Å². The zero-order valence-electron chi connectivity index (χ0n) is 10.3. The molecule has 0 aliphatic rings. The molecule has 0 fully saturated rings. The summed E-state index contributed by atoms with van der Waals surface area (Å²) in [6, 6.07) is 1.50. The van der Waals surface area contributed by atoms with Gasteiger partial charge in [0.15, 0.2) is 0 Å². The number of esters is 1. The highest BCUT2D eigenvalue weighted by Crippen LogP contribution is 2.31. The molecule has 0 spiro atoms. The molecule has 18 heavy (non-hydrogen) atoms. The highest BCUT2D eigenvalue weighted by atomic mass is 35.5. The summed E-state index contributed by atoms with van der Waals surface area (Å²) in [6.45, 7) is 3.27. The number of methoxy groups -OCH3 is 1. The smallest absolute Gasteiger partial charge is 0.321 e. The third-order valence-electron chi connectivity index (χ3n) is 2.31. The predicted molar refractivity (Wildman–Crippen MR) is 70.5 cm³/mol. The lowest BCUT2D eigenvalue weighted by molar-refractivity contribution is -0.140. The van der Waals surface area contributed by atoms with Crippen LogP contribution in [0.3, 0.4) is 0 Å². The second-order valence-electron chi connectivity index (χ2n) is 3.53. The van der Waals surface area contributed by atoms with Crippen molar-refractivity contribution in [1.29, 1.82) is 0 Å². The summed E-state index contributed by atoms with van der Waals surface area (Å²) in [5.41, 5.74) is 0.703. The highest BCUT2D eigenvalue weighted by Gasteiger charge is 2.27. The molecule has 0 saturated heterocycles. The number of carbonyl (C=O) groups is 1. The summed E-state index contributed by atoms with van der Waals surface area (Å²) in [5, 5.41) is 0. The molecule has 0 aliphatic heterocycles. The van der Waals surface area contributed by atoms with Crippen molar-refractivity contribution >= 4 is 38.9 Å². The van der Waals surface area contributed by atoms with Gasteiger partial charge >= 0.3 is 5.97 Å². The fourth-order valence-electron chi connectivity index (χ4n) is 1.26. The average Bonchev–Trinajstić information content (AvgIpc) is 2.66. The van der Waals surface area contributed by atoms with Gasteiger partial charge in [0, 0.05) is 6.54 Å². The molecule has 8 heteroatoms. The quantitative estimate of drug-likeness (QED) is 0.779. The Kier molecular flexibility index (Phi) is 5.15. The van der Waals surface area contributed by atoms with E-state index in [0.29, 0.717) is 9.90 Å². The van der Waals surface area contributed by atoms with Crippen LogP contribution >= 0.6 is 22.9 Å². The Hall–Kier alpha value is -0.630. The maximum absolute atomic E-state index is 12.3. The van der Waals surface area contributed by atoms with Crippen LogP contribution in [0.1, 0.15) is 12.5 Å². The maximum Gasteiger partial charge on any atom is 0.321 e. The molecule has 1 aromatic heterocycles. The van der Waals surface area contributed by atoms with Crippen LogP contribution in [0.15, 0.2) is 10.3 Å². The molecule has 0 aromatic carbocycles. The Morgan fingerprint density at radius 3 is 2.56 bits per heavy atom. The van der Waals surface area contributed by atoms with Gasteiger partial charge in [-0.25, -0.2) is 8.42 Å². The first kappa shape index (κ1) is 15.4. The number of hydrogen-bond acceptors (Lipinski definition) is 5. The average molecular weight is 312 g/mol. The zero-order valence-corrected chi connectivity index (χ0v) is 12.7. The lowest BCUT2D eigenvalue weighted by atomic mass is 10.4. The number of halogens is 1. The molecule has 0 saturated carbocycles. The SMILES string of the molecule is CCN(CC(=O)OC)S(=O)(=O)c1cc(C)c(Cl)s1. The first-order valence-corrected chi connectivity index (χ1v) is 7.79. The number of likely N-dealkylation sites (N-methyl/N-ethyl adjacent to an activating group) is 1. The number of sulfonamides is 1. The summed E-state index contributed by atoms with van der Waals surface area (Å²) in [7, 11) is -2.47. The Morgan fingerprint density at radius 2 is 2.17 bits per heavy atom. The first-order valence-electron chi connectivity index (χ1n) is 5.15. The number of carbonyl (C=O) groups excluding carboxylic acids is 1. The van der Waals surface area contributed by atoms with Crippen LogP contribution in [0.5, 0.6) is 0 Å². The van der Waals surface area contributed by atoms with Crippen LogP contribution in [-0.2, 0) is 19.6 Å². The molecule has 0 N–H and O–H groups in total. The molecule has 0 amide bonds. The number of thiophene rings is 1. The summed E-state index contributed by atoms with van der Waals surface area (Å²) in [6.07, 6.45) is 0. The van der Waals surface area contributed by atoms with Crippen LogP contribution < -0.4 is 0 Å². The van der Waals surface area contributed by atoms with E-state index in [1.807, 2.05) is 0 Å². The molecule has 0 bridgehead atoms. The molecular formula is C10H14ClNO4S2. The van der Waals surface area contributed by atoms with Crippen molar-refractivity contribution in [3.63, 3.8) is 0 Å². The predicted octanol–water partition coefficient (Wildman–Crippen LogP) is 1.89. The van der Waals surface area contributed by atoms with E-state index < -0.39 is 16.0 Å². The van der Waals surface area contributed by atoms with Gasteiger partial charge in [0.05, 0.1) is 11.4 Å². The van der Waals surface area contributed by atoms with Crippen LogP contribution in [0.4, 0.5) is 0 Å². The van der Waals surface area contributed by atoms with E-state index in [9.17, 15) is 13.2 Å². The lowest BCUT2D eigenvalue weighted by Crippen LogP contribution is -2.35. The highest BCUT2D eigenvalue weighted by molar-refractivity contribution is 7.91. The molecule has 1 aromatic rings. The Labute approximate surface area is 115 Å². The second-order valence-corrected chi connectivity index (χ2v) is 7.35. The zero-order chi connectivity index (χ0) is 13.9. The van der Waals surface area contributed by atoms with Gasteiger partial charge < -0.3 is 4.74 Å². The fourth-order valence-corrected chi connectivity index (χ4v) is 4.52. The standard InChI is InChI=1S/C10H14ClNO4S2/c1-4-12(6-8(13)16-3)18(14,15)9-5-7(2)10(11)17-9/h5H,4,6H2,1-3H3. The van der Waals surface area contributed by atoms with Gasteiger partial charge in [-0.15, -0.1) is 11.3 Å². The van der Waals surface area contributed by atoms with E-state index in [1.165, 1.54) is 13.2 Å². The third kappa shape index (κ3) is 3.23. The van der Waals surface area contributed by atoms with Crippen molar-refractivity contribution in [2.24, 2.45) is 0 Å². The number of ether oxygens (including phenoxy) is 1. The molecule has 102 valence electrons. The van der Waals surface area contributed by atoms with Crippen molar-refractivity contribution in [2.45, 2.75) is 18.1 Å². The van der Waals surface area contributed by atoms with E-state index in [0.717, 1.165) is 15.6 Å². The number of rotatable bonds is 5. The van der Waals surface area contributed by atoms with Crippen LogP contribution in [-0.4, -0.2) is 38.9 Å². The molecule has 0 radical (unpaired) electrons. The topological polar surface area (TPSA) is 63.7 Å². The molecule has 0 atom stereocenters. The number of hydrogen-bond donors (Lipinski definition) is 0. The molecule has 1 heterocycles. The van der Waals surface area contributed by atoms with Crippen molar-refractivity contribution in [3.8, 4) is 0 Å². The van der Waals surface area contributed by atoms with E-state index in [-0.39, 0.29) is 17.3 Å². The van der Waals surface area contributed by atoms with Crippen molar-refractivity contribution in [1.82, 2.24) is 4.31 Å². The van der Waals surface area contributed by atoms with Gasteiger partial charge in [0.25, 0.3) is 10.0 Å². The molecule has 0 aliphatic carbocycles. The molecule has 5 nitrogen and oxygen atoms in total. The number of aryl methyl sites for hydroxylation is 1. The summed E-state index contributed by atoms with van der Waals surface area (Å²) in [5.74, 6) is -0.597. The summed E-state index contributed by atoms with van der Waals surface area (Å²) < 4.78 is 30.6. The van der Waals surface area contributed by atoms with E-state index in [4.69, 9.17) is 11.6 Å². The molecule has 0 unspecified atom stereocenters. The third-order valence-corrected chi connectivity index (χ3v) is 6.24. The van der Waals surface area contributed by atoms with Gasteiger partial charge in [0.2, 0.25) is 0 Å². The van der Waals surface area contributed by atoms with E-state index in [2.05, 4.69) is 4.74 Å². The van der Waals surface area contributed by atoms with Crippen molar-refractivity contribution < 1.29 is 17.9 Å². The summed E-state index contributed by atoms with van der Waals surface area (Å²) >= 11 is 6.84. The van der Waals surface area contributed by atoms with Gasteiger partial charge in [-0.3, -0.25) is 4.79 Å². The van der Waals surface area contributed by atoms with E-state index in [1.54, 1.807) is 13.8 Å².